The molecule has 2 amide bonds. The van der Waals surface area contributed by atoms with E-state index in [4.69, 9.17) is 23.2 Å². The Morgan fingerprint density at radius 1 is 1.16 bits per heavy atom. The van der Waals surface area contributed by atoms with E-state index in [1.165, 1.54) is 4.90 Å². The van der Waals surface area contributed by atoms with Gasteiger partial charge in [-0.2, -0.15) is 0 Å². The van der Waals surface area contributed by atoms with Gasteiger partial charge in [-0.05, 0) is 39.0 Å². The normalized spacial score (nSPS) is 22.4. The van der Waals surface area contributed by atoms with Crippen molar-refractivity contribution < 1.29 is 9.59 Å². The molecule has 0 bridgehead atoms. The SMILES string of the molecule is CC1C(=O)NC(C)(C)C(=O)N1c1cc(Cl)cc(Cl)c1. The fourth-order valence-electron chi connectivity index (χ4n) is 2.08. The van der Waals surface area contributed by atoms with E-state index >= 15 is 0 Å². The lowest BCUT2D eigenvalue weighted by Gasteiger charge is -2.41. The van der Waals surface area contributed by atoms with E-state index in [1.54, 1.807) is 39.0 Å². The van der Waals surface area contributed by atoms with Crippen LogP contribution in [0.4, 0.5) is 5.69 Å². The van der Waals surface area contributed by atoms with Gasteiger partial charge in [0.05, 0.1) is 0 Å². The van der Waals surface area contributed by atoms with E-state index in [0.717, 1.165) is 0 Å². The first-order chi connectivity index (χ1) is 8.72. The zero-order chi connectivity index (χ0) is 14.4. The first-order valence-corrected chi connectivity index (χ1v) is 6.60. The van der Waals surface area contributed by atoms with Crippen LogP contribution in [0.1, 0.15) is 20.8 Å². The number of hydrogen-bond acceptors (Lipinski definition) is 2. The van der Waals surface area contributed by atoms with Crippen molar-refractivity contribution in [1.82, 2.24) is 5.32 Å². The van der Waals surface area contributed by atoms with E-state index < -0.39 is 11.6 Å². The van der Waals surface area contributed by atoms with Crippen molar-refractivity contribution in [3.05, 3.63) is 28.2 Å². The zero-order valence-corrected chi connectivity index (χ0v) is 12.3. The molecule has 1 aliphatic heterocycles. The van der Waals surface area contributed by atoms with E-state index in [2.05, 4.69) is 5.32 Å². The summed E-state index contributed by atoms with van der Waals surface area (Å²) in [6, 6.07) is 4.22. The van der Waals surface area contributed by atoms with Crippen molar-refractivity contribution >= 4 is 40.7 Å². The Morgan fingerprint density at radius 3 is 2.21 bits per heavy atom. The van der Waals surface area contributed by atoms with Crippen molar-refractivity contribution in [3.63, 3.8) is 0 Å². The average Bonchev–Trinajstić information content (AvgIpc) is 2.25. The lowest BCUT2D eigenvalue weighted by molar-refractivity contribution is -0.136. The number of carbonyl (C=O) groups is 2. The fourth-order valence-corrected chi connectivity index (χ4v) is 2.59. The molecule has 0 aliphatic carbocycles. The number of benzene rings is 1. The van der Waals surface area contributed by atoms with Crippen molar-refractivity contribution in [1.29, 1.82) is 0 Å². The van der Waals surface area contributed by atoms with Crippen LogP contribution in [-0.2, 0) is 9.59 Å². The average molecular weight is 301 g/mol. The molecular weight excluding hydrogens is 287 g/mol. The summed E-state index contributed by atoms with van der Waals surface area (Å²) < 4.78 is 0. The minimum absolute atomic E-state index is 0.196. The van der Waals surface area contributed by atoms with Crippen molar-refractivity contribution in [3.8, 4) is 0 Å². The smallest absolute Gasteiger partial charge is 0.252 e. The lowest BCUT2D eigenvalue weighted by Crippen LogP contribution is -2.67. The Balaban J connectivity index is 2.51. The highest BCUT2D eigenvalue weighted by Gasteiger charge is 2.44. The Labute approximate surface area is 121 Å². The first kappa shape index (κ1) is 14.2. The summed E-state index contributed by atoms with van der Waals surface area (Å²) in [5, 5.41) is 3.53. The van der Waals surface area contributed by atoms with Gasteiger partial charge in [-0.25, -0.2) is 0 Å². The number of carbonyl (C=O) groups excluding carboxylic acids is 2. The molecule has 1 N–H and O–H groups in total. The molecule has 1 unspecified atom stereocenters. The lowest BCUT2D eigenvalue weighted by atomic mass is 9.96. The van der Waals surface area contributed by atoms with Crippen molar-refractivity contribution in [2.45, 2.75) is 32.4 Å². The van der Waals surface area contributed by atoms with E-state index in [9.17, 15) is 9.59 Å². The van der Waals surface area contributed by atoms with Gasteiger partial charge >= 0.3 is 0 Å². The number of nitrogens with zero attached hydrogens (tertiary/aromatic N) is 1. The maximum Gasteiger partial charge on any atom is 0.252 e. The Morgan fingerprint density at radius 2 is 1.68 bits per heavy atom. The molecular formula is C13H14Cl2N2O2. The highest BCUT2D eigenvalue weighted by molar-refractivity contribution is 6.35. The topological polar surface area (TPSA) is 49.4 Å². The molecule has 1 fully saturated rings. The molecule has 0 spiro atoms. The van der Waals surface area contributed by atoms with Crippen LogP contribution in [0.15, 0.2) is 18.2 Å². The van der Waals surface area contributed by atoms with Gasteiger partial charge in [0.2, 0.25) is 5.91 Å². The molecule has 1 atom stereocenters. The van der Waals surface area contributed by atoms with E-state index in [0.29, 0.717) is 15.7 Å². The van der Waals surface area contributed by atoms with Gasteiger partial charge < -0.3 is 5.32 Å². The van der Waals surface area contributed by atoms with Crippen LogP contribution in [0.5, 0.6) is 0 Å². The van der Waals surface area contributed by atoms with Crippen LogP contribution in [0.2, 0.25) is 10.0 Å². The second kappa shape index (κ2) is 4.69. The fraction of sp³-hybridized carbons (Fsp3) is 0.385. The molecule has 6 heteroatoms. The van der Waals surface area contributed by atoms with Crippen LogP contribution in [0.25, 0.3) is 0 Å². The Hall–Kier alpha value is -1.26. The molecule has 0 radical (unpaired) electrons. The van der Waals surface area contributed by atoms with Crippen LogP contribution < -0.4 is 10.2 Å². The molecule has 0 aromatic heterocycles. The summed E-state index contributed by atoms with van der Waals surface area (Å²) in [5.74, 6) is -0.404. The molecule has 0 saturated carbocycles. The van der Waals surface area contributed by atoms with Crippen LogP contribution in [-0.4, -0.2) is 23.4 Å². The highest BCUT2D eigenvalue weighted by atomic mass is 35.5. The molecule has 19 heavy (non-hydrogen) atoms. The monoisotopic (exact) mass is 300 g/mol. The number of rotatable bonds is 1. The van der Waals surface area contributed by atoms with Gasteiger partial charge in [-0.3, -0.25) is 14.5 Å². The third-order valence-corrected chi connectivity index (χ3v) is 3.52. The Kier molecular flexibility index (Phi) is 3.49. The number of hydrogen-bond donors (Lipinski definition) is 1. The number of piperazine rings is 1. The number of amides is 2. The van der Waals surface area contributed by atoms with Gasteiger partial charge in [0.15, 0.2) is 0 Å². The Bertz CT molecular complexity index is 537. The third-order valence-electron chi connectivity index (χ3n) is 3.08. The van der Waals surface area contributed by atoms with Gasteiger partial charge in [0, 0.05) is 15.7 Å². The second-order valence-corrected chi connectivity index (χ2v) is 5.97. The van der Waals surface area contributed by atoms with Crippen LogP contribution in [0, 0.1) is 0 Å². The molecule has 1 aliphatic rings. The molecule has 4 nitrogen and oxygen atoms in total. The summed E-state index contributed by atoms with van der Waals surface area (Å²) in [6.45, 7) is 4.99. The summed E-state index contributed by atoms with van der Waals surface area (Å²) in [6.07, 6.45) is 0. The van der Waals surface area contributed by atoms with Crippen LogP contribution in [0.3, 0.4) is 0 Å². The highest BCUT2D eigenvalue weighted by Crippen LogP contribution is 2.30. The summed E-state index contributed by atoms with van der Waals surface area (Å²) in [5.41, 5.74) is -0.420. The maximum absolute atomic E-state index is 12.5. The summed E-state index contributed by atoms with van der Waals surface area (Å²) >= 11 is 11.9. The molecule has 1 saturated heterocycles. The van der Waals surface area contributed by atoms with Gasteiger partial charge in [0.1, 0.15) is 11.6 Å². The number of nitrogens with one attached hydrogen (secondary N) is 1. The zero-order valence-electron chi connectivity index (χ0n) is 10.8. The predicted octanol–water partition coefficient (Wildman–Crippen LogP) is 2.62. The summed E-state index contributed by atoms with van der Waals surface area (Å²) in [7, 11) is 0. The minimum atomic E-state index is -0.946. The van der Waals surface area contributed by atoms with Gasteiger partial charge in [-0.1, -0.05) is 23.2 Å². The number of halogens is 2. The first-order valence-electron chi connectivity index (χ1n) is 5.84. The van der Waals surface area contributed by atoms with Crippen LogP contribution >= 0.6 is 23.2 Å². The molecule has 102 valence electrons. The van der Waals surface area contributed by atoms with Crippen molar-refractivity contribution in [2.75, 3.05) is 4.90 Å². The number of anilines is 1. The van der Waals surface area contributed by atoms with Crippen molar-refractivity contribution in [2.24, 2.45) is 0 Å². The molecule has 1 aromatic rings. The second-order valence-electron chi connectivity index (χ2n) is 5.09. The molecule has 2 rings (SSSR count). The summed E-state index contributed by atoms with van der Waals surface area (Å²) in [4.78, 5) is 25.8. The third kappa shape index (κ3) is 2.55. The van der Waals surface area contributed by atoms with E-state index in [-0.39, 0.29) is 11.8 Å². The standard InChI is InChI=1S/C13H14Cl2N2O2/c1-7-11(18)16-13(2,3)12(19)17(7)10-5-8(14)4-9(15)6-10/h4-7H,1-3H3,(H,16,18). The maximum atomic E-state index is 12.5. The molecule has 1 heterocycles. The predicted molar refractivity (Wildman–Crippen MR) is 75.6 cm³/mol. The quantitative estimate of drug-likeness (QED) is 0.867. The largest absolute Gasteiger partial charge is 0.340 e. The minimum Gasteiger partial charge on any atom is -0.340 e. The van der Waals surface area contributed by atoms with E-state index in [1.807, 2.05) is 0 Å². The molecule has 1 aromatic carbocycles. The van der Waals surface area contributed by atoms with Gasteiger partial charge in [-0.15, -0.1) is 0 Å². The van der Waals surface area contributed by atoms with Gasteiger partial charge in [0.25, 0.3) is 5.91 Å².